The van der Waals surface area contributed by atoms with Gasteiger partial charge in [0, 0.05) is 36.7 Å². The largest absolute Gasteiger partial charge is 0.464 e. The summed E-state index contributed by atoms with van der Waals surface area (Å²) in [7, 11) is 0. The number of halogens is 1. The molecule has 0 spiro atoms. The second kappa shape index (κ2) is 7.62. The summed E-state index contributed by atoms with van der Waals surface area (Å²) in [6.45, 7) is 2.07. The van der Waals surface area contributed by atoms with Gasteiger partial charge in [0.05, 0.1) is 6.26 Å². The van der Waals surface area contributed by atoms with Gasteiger partial charge in [0.1, 0.15) is 11.6 Å². The van der Waals surface area contributed by atoms with Crippen LogP contribution in [0, 0.1) is 5.82 Å². The fraction of sp³-hybridized carbons (Fsp3) is 0.421. The first-order chi connectivity index (χ1) is 11.6. The lowest BCUT2D eigenvalue weighted by atomic mass is 9.91. The van der Waals surface area contributed by atoms with E-state index in [1.165, 1.54) is 6.07 Å². The lowest BCUT2D eigenvalue weighted by molar-refractivity contribution is -0.119. The van der Waals surface area contributed by atoms with Crippen molar-refractivity contribution in [3.8, 4) is 11.3 Å². The van der Waals surface area contributed by atoms with E-state index in [4.69, 9.17) is 4.42 Å². The maximum atomic E-state index is 14.3. The van der Waals surface area contributed by atoms with Gasteiger partial charge in [-0.3, -0.25) is 4.79 Å². The molecule has 2 N–H and O–H groups in total. The highest BCUT2D eigenvalue weighted by Gasteiger charge is 2.21. The highest BCUT2D eigenvalue weighted by atomic mass is 19.1. The van der Waals surface area contributed by atoms with Crippen LogP contribution in [0.4, 0.5) is 4.39 Å². The standard InChI is InChI=1S/C19H23FN2O2/c1-13(23)22-17-8-6-16(7-9-17)21-12-15-5-4-14(11-18(15)20)19-3-2-10-24-19/h2-5,10-11,16-17,21H,6-9,12H2,1H3,(H,22,23). The first kappa shape index (κ1) is 16.7. The van der Waals surface area contributed by atoms with Crippen molar-refractivity contribution in [2.75, 3.05) is 0 Å². The van der Waals surface area contributed by atoms with Crippen LogP contribution in [-0.2, 0) is 11.3 Å². The number of hydrogen-bond donors (Lipinski definition) is 2. The Balaban J connectivity index is 1.51. The average Bonchev–Trinajstić information content (AvgIpc) is 3.09. The Bertz CT molecular complexity index is 677. The lowest BCUT2D eigenvalue weighted by Crippen LogP contribution is -2.41. The van der Waals surface area contributed by atoms with Crippen molar-refractivity contribution in [3.63, 3.8) is 0 Å². The number of nitrogens with one attached hydrogen (secondary N) is 2. The van der Waals surface area contributed by atoms with Crippen LogP contribution in [0.5, 0.6) is 0 Å². The average molecular weight is 330 g/mol. The van der Waals surface area contributed by atoms with Crippen LogP contribution in [0.3, 0.4) is 0 Å². The van der Waals surface area contributed by atoms with E-state index >= 15 is 0 Å². The molecule has 3 rings (SSSR count). The van der Waals surface area contributed by atoms with Gasteiger partial charge in [-0.2, -0.15) is 0 Å². The number of benzene rings is 1. The summed E-state index contributed by atoms with van der Waals surface area (Å²) < 4.78 is 19.6. The highest BCUT2D eigenvalue weighted by molar-refractivity contribution is 5.73. The van der Waals surface area contributed by atoms with Crippen molar-refractivity contribution in [2.45, 2.75) is 51.2 Å². The van der Waals surface area contributed by atoms with Crippen LogP contribution >= 0.6 is 0 Å². The minimum absolute atomic E-state index is 0.0325. The van der Waals surface area contributed by atoms with Crippen LogP contribution in [0.2, 0.25) is 0 Å². The van der Waals surface area contributed by atoms with E-state index in [9.17, 15) is 9.18 Å². The quantitative estimate of drug-likeness (QED) is 0.880. The minimum Gasteiger partial charge on any atom is -0.464 e. The third kappa shape index (κ3) is 4.23. The van der Waals surface area contributed by atoms with Gasteiger partial charge in [-0.25, -0.2) is 4.39 Å². The zero-order chi connectivity index (χ0) is 16.9. The van der Waals surface area contributed by atoms with Crippen LogP contribution in [0.15, 0.2) is 41.0 Å². The first-order valence-electron chi connectivity index (χ1n) is 8.44. The van der Waals surface area contributed by atoms with Gasteiger partial charge in [0.2, 0.25) is 5.91 Å². The zero-order valence-corrected chi connectivity index (χ0v) is 13.8. The Labute approximate surface area is 141 Å². The van der Waals surface area contributed by atoms with Crippen molar-refractivity contribution < 1.29 is 13.6 Å². The van der Waals surface area contributed by atoms with Crippen molar-refractivity contribution in [2.24, 2.45) is 0 Å². The van der Waals surface area contributed by atoms with Gasteiger partial charge in [0.15, 0.2) is 0 Å². The number of carbonyl (C=O) groups is 1. The molecule has 1 saturated carbocycles. The lowest BCUT2D eigenvalue weighted by Gasteiger charge is -2.29. The van der Waals surface area contributed by atoms with Crippen molar-refractivity contribution in [3.05, 3.63) is 48.0 Å². The molecular weight excluding hydrogens is 307 g/mol. The second-order valence-corrected chi connectivity index (χ2v) is 6.41. The maximum Gasteiger partial charge on any atom is 0.217 e. The summed E-state index contributed by atoms with van der Waals surface area (Å²) >= 11 is 0. The Hall–Kier alpha value is -2.14. The Kier molecular flexibility index (Phi) is 5.30. The fourth-order valence-corrected chi connectivity index (χ4v) is 3.27. The SMILES string of the molecule is CC(=O)NC1CCC(NCc2ccc(-c3ccco3)cc2F)CC1. The molecule has 1 aliphatic rings. The second-order valence-electron chi connectivity index (χ2n) is 6.41. The monoisotopic (exact) mass is 330 g/mol. The Morgan fingerprint density at radius 2 is 1.96 bits per heavy atom. The molecule has 128 valence electrons. The number of rotatable bonds is 5. The van der Waals surface area contributed by atoms with E-state index in [1.54, 1.807) is 19.3 Å². The molecule has 4 nitrogen and oxygen atoms in total. The fourth-order valence-electron chi connectivity index (χ4n) is 3.27. The van der Waals surface area contributed by atoms with E-state index in [1.807, 2.05) is 18.2 Å². The molecule has 1 aliphatic carbocycles. The van der Waals surface area contributed by atoms with Crippen molar-refractivity contribution in [1.29, 1.82) is 0 Å². The Morgan fingerprint density at radius 3 is 2.58 bits per heavy atom. The molecule has 1 aromatic carbocycles. The van der Waals surface area contributed by atoms with Crippen LogP contribution in [-0.4, -0.2) is 18.0 Å². The smallest absolute Gasteiger partial charge is 0.217 e. The molecular formula is C19H23FN2O2. The molecule has 2 aromatic rings. The number of furan rings is 1. The number of amides is 1. The summed E-state index contributed by atoms with van der Waals surface area (Å²) in [4.78, 5) is 11.1. The predicted molar refractivity (Wildman–Crippen MR) is 90.8 cm³/mol. The van der Waals surface area contributed by atoms with Crippen LogP contribution < -0.4 is 10.6 Å². The Morgan fingerprint density at radius 1 is 1.21 bits per heavy atom. The summed E-state index contributed by atoms with van der Waals surface area (Å²) in [5.74, 6) is 0.484. The van der Waals surface area contributed by atoms with E-state index < -0.39 is 0 Å². The van der Waals surface area contributed by atoms with E-state index in [-0.39, 0.29) is 17.8 Å². The zero-order valence-electron chi connectivity index (χ0n) is 13.8. The molecule has 0 saturated heterocycles. The molecule has 1 fully saturated rings. The molecule has 1 aromatic heterocycles. The van der Waals surface area contributed by atoms with Gasteiger partial charge >= 0.3 is 0 Å². The van der Waals surface area contributed by atoms with Gasteiger partial charge < -0.3 is 15.1 Å². The van der Waals surface area contributed by atoms with Crippen LogP contribution in [0.25, 0.3) is 11.3 Å². The topological polar surface area (TPSA) is 54.3 Å². The molecule has 24 heavy (non-hydrogen) atoms. The van der Waals surface area contributed by atoms with Crippen molar-refractivity contribution >= 4 is 5.91 Å². The first-order valence-corrected chi connectivity index (χ1v) is 8.44. The normalized spacial score (nSPS) is 20.8. The third-order valence-electron chi connectivity index (χ3n) is 4.57. The number of carbonyl (C=O) groups excluding carboxylic acids is 1. The highest BCUT2D eigenvalue weighted by Crippen LogP contribution is 2.23. The molecule has 0 radical (unpaired) electrons. The number of hydrogen-bond acceptors (Lipinski definition) is 3. The summed E-state index contributed by atoms with van der Waals surface area (Å²) in [5.41, 5.74) is 1.41. The van der Waals surface area contributed by atoms with Gasteiger partial charge in [-0.15, -0.1) is 0 Å². The molecule has 1 amide bonds. The predicted octanol–water partition coefficient (Wildman–Crippen LogP) is 3.62. The summed E-state index contributed by atoms with van der Waals surface area (Å²) in [5, 5.41) is 6.40. The molecule has 0 aliphatic heterocycles. The van der Waals surface area contributed by atoms with Gasteiger partial charge in [-0.1, -0.05) is 12.1 Å². The third-order valence-corrected chi connectivity index (χ3v) is 4.57. The van der Waals surface area contributed by atoms with Gasteiger partial charge in [0.25, 0.3) is 0 Å². The molecule has 0 unspecified atom stereocenters. The maximum absolute atomic E-state index is 14.3. The van der Waals surface area contributed by atoms with E-state index in [0.29, 0.717) is 23.9 Å². The molecule has 0 atom stereocenters. The summed E-state index contributed by atoms with van der Waals surface area (Å²) in [6.07, 6.45) is 5.52. The molecule has 0 bridgehead atoms. The summed E-state index contributed by atoms with van der Waals surface area (Å²) in [6, 6.07) is 9.48. The molecule has 1 heterocycles. The van der Waals surface area contributed by atoms with Crippen LogP contribution in [0.1, 0.15) is 38.2 Å². The van der Waals surface area contributed by atoms with E-state index in [2.05, 4.69) is 10.6 Å². The minimum atomic E-state index is -0.219. The van der Waals surface area contributed by atoms with Gasteiger partial charge in [-0.05, 0) is 43.9 Å². The molecule has 5 heteroatoms. The van der Waals surface area contributed by atoms with E-state index in [0.717, 1.165) is 31.2 Å². The van der Waals surface area contributed by atoms with Crippen molar-refractivity contribution in [1.82, 2.24) is 10.6 Å².